The number of methoxy groups -OCH3 is 1. The normalized spacial score (nSPS) is 15.7. The highest BCUT2D eigenvalue weighted by molar-refractivity contribution is 8.00. The molecule has 7 aromatic carbocycles. The number of fused-ring (bicyclic) bond motifs is 1. The summed E-state index contributed by atoms with van der Waals surface area (Å²) in [6, 6.07) is 65.4. The number of aliphatic hydroxyl groups excluding tert-OH is 1. The molecule has 75 heavy (non-hydrogen) atoms. The van der Waals surface area contributed by atoms with Gasteiger partial charge in [-0.1, -0.05) is 211 Å². The first-order valence-electron chi connectivity index (χ1n) is 24.2. The minimum atomic E-state index is -1.37. The number of allylic oxidation sites excluding steroid dienone is 1. The molecule has 14 heteroatoms. The third kappa shape index (κ3) is 10.1. The van der Waals surface area contributed by atoms with Gasteiger partial charge in [-0.05, 0) is 40.0 Å². The van der Waals surface area contributed by atoms with E-state index in [1.54, 1.807) is 42.8 Å². The smallest absolute Gasteiger partial charge is 0.355 e. The summed E-state index contributed by atoms with van der Waals surface area (Å²) < 4.78 is 11.1. The van der Waals surface area contributed by atoms with E-state index in [4.69, 9.17) is 24.5 Å². The van der Waals surface area contributed by atoms with Gasteiger partial charge in [0.05, 0.1) is 13.7 Å². The van der Waals surface area contributed by atoms with Crippen LogP contribution in [-0.2, 0) is 41.7 Å². The van der Waals surface area contributed by atoms with Gasteiger partial charge in [0.1, 0.15) is 40.7 Å². The van der Waals surface area contributed by atoms with Crippen molar-refractivity contribution in [2.75, 3.05) is 24.8 Å². The Labute approximate surface area is 443 Å². The fourth-order valence-electron chi connectivity index (χ4n) is 9.48. The van der Waals surface area contributed by atoms with Crippen LogP contribution in [0.1, 0.15) is 44.6 Å². The van der Waals surface area contributed by atoms with Crippen LogP contribution in [0.3, 0.4) is 0 Å². The molecule has 8 aromatic rings. The molecule has 2 aliphatic heterocycles. The number of aromatic nitrogens is 1. The zero-order valence-corrected chi connectivity index (χ0v) is 42.3. The van der Waals surface area contributed by atoms with Gasteiger partial charge in [-0.2, -0.15) is 0 Å². The Morgan fingerprint density at radius 2 is 1.21 bits per heavy atom. The van der Waals surface area contributed by atoms with Crippen LogP contribution in [0.5, 0.6) is 5.75 Å². The molecular weight excluding hydrogens is 979 g/mol. The van der Waals surface area contributed by atoms with Crippen molar-refractivity contribution in [2.24, 2.45) is 5.16 Å². The number of anilines is 1. The van der Waals surface area contributed by atoms with E-state index in [1.165, 1.54) is 34.1 Å². The summed E-state index contributed by atoms with van der Waals surface area (Å²) in [5, 5.41) is 22.8. The summed E-state index contributed by atoms with van der Waals surface area (Å²) in [6.45, 7) is -0.338. The largest absolute Gasteiger partial charge is 0.497 e. The van der Waals surface area contributed by atoms with Crippen molar-refractivity contribution in [3.05, 3.63) is 280 Å². The lowest BCUT2D eigenvalue weighted by atomic mass is 9.77. The molecule has 12 nitrogen and oxygen atoms in total. The number of aliphatic hydroxyl groups is 1. The molecule has 0 spiro atoms. The van der Waals surface area contributed by atoms with Crippen LogP contribution in [0.15, 0.2) is 240 Å². The number of carbonyl (C=O) groups is 3. The van der Waals surface area contributed by atoms with Crippen molar-refractivity contribution < 1.29 is 33.8 Å². The van der Waals surface area contributed by atoms with Crippen LogP contribution >= 0.6 is 23.1 Å². The van der Waals surface area contributed by atoms with E-state index in [0.717, 1.165) is 38.9 Å². The van der Waals surface area contributed by atoms with E-state index in [-0.39, 0.29) is 36.1 Å². The van der Waals surface area contributed by atoms with Crippen LogP contribution in [-0.4, -0.2) is 69.4 Å². The molecule has 1 fully saturated rings. The van der Waals surface area contributed by atoms with Gasteiger partial charge in [0.2, 0.25) is 5.60 Å². The first kappa shape index (κ1) is 50.0. The maximum absolute atomic E-state index is 15.3. The number of hydrogen-bond acceptors (Lipinski definition) is 12. The van der Waals surface area contributed by atoms with E-state index in [1.807, 2.05) is 146 Å². The lowest BCUT2D eigenvalue weighted by Crippen LogP contribution is -2.71. The summed E-state index contributed by atoms with van der Waals surface area (Å²) in [5.74, 6) is -1.04. The molecule has 3 N–H and O–H groups in total. The highest BCUT2D eigenvalue weighted by Crippen LogP contribution is 2.44. The zero-order chi connectivity index (χ0) is 51.6. The summed E-state index contributed by atoms with van der Waals surface area (Å²) in [4.78, 5) is 57.2. The SMILES string of the molecule is COc1ccc(COC(=O)C2=C(/C=C\CO)CS[C@H]3C(NC(=O)/C(=N\OC(c4ccccc4)(c4ccccc4)c4ccccc4)c4csc(NC(c5ccccc5)(c5ccccc5)c5ccccc5)n4)C(=O)N23)cc1. The molecule has 2 atom stereocenters. The Morgan fingerprint density at radius 1 is 0.720 bits per heavy atom. The van der Waals surface area contributed by atoms with E-state index in [9.17, 15) is 14.7 Å². The third-order valence-electron chi connectivity index (χ3n) is 13.1. The molecule has 2 aliphatic rings. The van der Waals surface area contributed by atoms with Gasteiger partial charge in [0, 0.05) is 27.8 Å². The Morgan fingerprint density at radius 3 is 1.69 bits per heavy atom. The summed E-state index contributed by atoms with van der Waals surface area (Å²) >= 11 is 2.66. The van der Waals surface area contributed by atoms with Gasteiger partial charge in [-0.25, -0.2) is 9.78 Å². The van der Waals surface area contributed by atoms with E-state index >= 15 is 4.79 Å². The topological polar surface area (TPSA) is 152 Å². The third-order valence-corrected chi connectivity index (χ3v) is 15.2. The molecule has 374 valence electrons. The maximum atomic E-state index is 15.3. The summed E-state index contributed by atoms with van der Waals surface area (Å²) in [7, 11) is 1.57. The number of oxime groups is 1. The van der Waals surface area contributed by atoms with Gasteiger partial charge in [0.25, 0.3) is 11.8 Å². The Balaban J connectivity index is 1.04. The molecule has 0 bridgehead atoms. The Bertz CT molecular complexity index is 3150. The fourth-order valence-corrected chi connectivity index (χ4v) is 11.5. The number of thioether (sulfide) groups is 1. The Hall–Kier alpha value is -8.56. The summed E-state index contributed by atoms with van der Waals surface area (Å²) in [5.41, 5.74) is 4.05. The number of amides is 2. The molecular formula is C61H51N5O7S2. The highest BCUT2D eigenvalue weighted by atomic mass is 32.2. The van der Waals surface area contributed by atoms with Gasteiger partial charge in [-0.15, -0.1) is 23.1 Å². The van der Waals surface area contributed by atoms with Crippen LogP contribution in [0.2, 0.25) is 0 Å². The predicted molar refractivity (Wildman–Crippen MR) is 293 cm³/mol. The Kier molecular flexibility index (Phi) is 15.1. The second kappa shape index (κ2) is 22.7. The van der Waals surface area contributed by atoms with Crippen LogP contribution in [0.4, 0.5) is 5.13 Å². The number of thiazole rings is 1. The minimum Gasteiger partial charge on any atom is -0.497 e. The molecule has 1 unspecified atom stereocenters. The van der Waals surface area contributed by atoms with Crippen molar-refractivity contribution in [1.82, 2.24) is 15.2 Å². The van der Waals surface area contributed by atoms with Crippen LogP contribution < -0.4 is 15.4 Å². The number of nitrogens with zero attached hydrogens (tertiary/aromatic N) is 3. The average molecular weight is 1030 g/mol. The van der Waals surface area contributed by atoms with Gasteiger partial charge in [0.15, 0.2) is 10.8 Å². The van der Waals surface area contributed by atoms with Crippen molar-refractivity contribution in [3.63, 3.8) is 0 Å². The van der Waals surface area contributed by atoms with Gasteiger partial charge in [-0.3, -0.25) is 14.5 Å². The van der Waals surface area contributed by atoms with Crippen molar-refractivity contribution in [2.45, 2.75) is 29.2 Å². The standard InChI is InChI=1S/C61H51N5O7S2/c1-71-50-36-34-42(35-37-50)39-72-58(70)54-43(21-20-38-67)40-74-57-53(56(69)66(54)57)63-55(68)52(65-73-61(47-28-14-5-15-29-47,48-30-16-6-17-31-48)49-32-18-7-19-33-49)51-41-75-59(62-51)64-60(44-22-8-2-9-23-44,45-24-10-3-11-25-45)46-26-12-4-13-27-46/h2-37,41,53,57,67H,38-40H2,1H3,(H,62,64)(H,63,68)/b21-20-,65-52-/t53?,57-/m0/s1. The molecule has 0 saturated carbocycles. The van der Waals surface area contributed by atoms with E-state index < -0.39 is 40.3 Å². The van der Waals surface area contributed by atoms with Crippen molar-refractivity contribution in [3.8, 4) is 5.75 Å². The van der Waals surface area contributed by atoms with E-state index in [0.29, 0.717) is 16.5 Å². The number of β-lactam (4-membered cyclic amide) rings is 1. The second-order valence-corrected chi connectivity index (χ2v) is 19.5. The van der Waals surface area contributed by atoms with Gasteiger partial charge >= 0.3 is 5.97 Å². The van der Waals surface area contributed by atoms with Crippen LogP contribution in [0.25, 0.3) is 0 Å². The maximum Gasteiger partial charge on any atom is 0.355 e. The molecule has 2 amide bonds. The predicted octanol–water partition coefficient (Wildman–Crippen LogP) is 10.2. The fraction of sp³-hybridized carbons (Fsp3) is 0.131. The molecule has 1 saturated heterocycles. The zero-order valence-electron chi connectivity index (χ0n) is 40.7. The number of benzene rings is 7. The van der Waals surface area contributed by atoms with Gasteiger partial charge < -0.3 is 30.1 Å². The molecule has 0 radical (unpaired) electrons. The lowest BCUT2D eigenvalue weighted by molar-refractivity contribution is -0.153. The molecule has 3 heterocycles. The monoisotopic (exact) mass is 1030 g/mol. The average Bonchev–Trinajstić information content (AvgIpc) is 3.96. The number of rotatable bonds is 19. The summed E-state index contributed by atoms with van der Waals surface area (Å²) in [6.07, 6.45) is 3.11. The highest BCUT2D eigenvalue weighted by Gasteiger charge is 2.55. The molecule has 10 rings (SSSR count). The van der Waals surface area contributed by atoms with E-state index in [2.05, 4.69) is 47.0 Å². The number of hydrogen-bond donors (Lipinski definition) is 3. The first-order chi connectivity index (χ1) is 36.8. The number of esters is 1. The van der Waals surface area contributed by atoms with Crippen LogP contribution in [0, 0.1) is 0 Å². The number of carbonyl (C=O) groups excluding carboxylic acids is 3. The molecule has 1 aromatic heterocycles. The minimum absolute atomic E-state index is 0.0389. The lowest BCUT2D eigenvalue weighted by Gasteiger charge is -2.49. The van der Waals surface area contributed by atoms with Crippen molar-refractivity contribution >= 4 is 51.7 Å². The first-order valence-corrected chi connectivity index (χ1v) is 26.2. The quantitative estimate of drug-likeness (QED) is 0.0235. The molecule has 0 aliphatic carbocycles. The number of nitrogens with one attached hydrogen (secondary N) is 2. The second-order valence-electron chi connectivity index (χ2n) is 17.6. The number of ether oxygens (including phenoxy) is 2. The van der Waals surface area contributed by atoms with Crippen molar-refractivity contribution in [1.29, 1.82) is 0 Å².